The van der Waals surface area contributed by atoms with E-state index in [4.69, 9.17) is 4.74 Å². The number of hydrogen-bond donors (Lipinski definition) is 0. The largest absolute Gasteiger partial charge is 0.497 e. The van der Waals surface area contributed by atoms with E-state index >= 15 is 0 Å². The van der Waals surface area contributed by atoms with Gasteiger partial charge in [0.2, 0.25) is 11.8 Å². The third-order valence-corrected chi connectivity index (χ3v) is 7.31. The lowest BCUT2D eigenvalue weighted by atomic mass is 10.1. The predicted octanol–water partition coefficient (Wildman–Crippen LogP) is 2.39. The third kappa shape index (κ3) is 4.93. The van der Waals surface area contributed by atoms with Crippen molar-refractivity contribution in [1.82, 2.24) is 19.4 Å². The first-order valence-corrected chi connectivity index (χ1v) is 11.8. The minimum Gasteiger partial charge on any atom is -0.497 e. The second-order valence-corrected chi connectivity index (χ2v) is 9.45. The first kappa shape index (κ1) is 23.0. The molecular formula is C24H28N4O4S. The van der Waals surface area contributed by atoms with E-state index in [1.54, 1.807) is 16.9 Å². The van der Waals surface area contributed by atoms with Gasteiger partial charge in [0, 0.05) is 44.0 Å². The van der Waals surface area contributed by atoms with Crippen LogP contribution in [0.25, 0.3) is 10.2 Å². The zero-order chi connectivity index (χ0) is 23.5. The number of nitrogens with zero attached hydrogens (tertiary/aromatic N) is 4. The van der Waals surface area contributed by atoms with Crippen molar-refractivity contribution in [1.29, 1.82) is 0 Å². The monoisotopic (exact) mass is 468 g/mol. The molecule has 1 aliphatic rings. The molecule has 1 fully saturated rings. The van der Waals surface area contributed by atoms with Crippen molar-refractivity contribution in [2.24, 2.45) is 0 Å². The number of thiophene rings is 1. The van der Waals surface area contributed by atoms with Crippen molar-refractivity contribution in [2.75, 3.05) is 33.3 Å². The maximum atomic E-state index is 12.8. The summed E-state index contributed by atoms with van der Waals surface area (Å²) in [5, 5.41) is 0.649. The van der Waals surface area contributed by atoms with Gasteiger partial charge in [0.1, 0.15) is 10.6 Å². The van der Waals surface area contributed by atoms with E-state index < -0.39 is 0 Å². The average Bonchev–Trinajstić information content (AvgIpc) is 3.12. The van der Waals surface area contributed by atoms with E-state index in [2.05, 4.69) is 4.98 Å². The van der Waals surface area contributed by atoms with Crippen LogP contribution in [0.5, 0.6) is 5.75 Å². The van der Waals surface area contributed by atoms with Crippen molar-refractivity contribution in [3.8, 4) is 5.75 Å². The highest BCUT2D eigenvalue weighted by Gasteiger charge is 2.24. The Morgan fingerprint density at radius 3 is 2.48 bits per heavy atom. The second-order valence-electron chi connectivity index (χ2n) is 8.25. The molecule has 2 amide bonds. The fourth-order valence-corrected chi connectivity index (χ4v) is 5.07. The zero-order valence-electron chi connectivity index (χ0n) is 19.2. The summed E-state index contributed by atoms with van der Waals surface area (Å²) in [6.07, 6.45) is 2.07. The summed E-state index contributed by atoms with van der Waals surface area (Å²) in [5.74, 6) is 0.760. The quantitative estimate of drug-likeness (QED) is 0.555. The zero-order valence-corrected chi connectivity index (χ0v) is 20.0. The van der Waals surface area contributed by atoms with Gasteiger partial charge in [-0.1, -0.05) is 12.1 Å². The Hall–Kier alpha value is -3.20. The van der Waals surface area contributed by atoms with Gasteiger partial charge < -0.3 is 14.5 Å². The molecule has 0 atom stereocenters. The highest BCUT2D eigenvalue weighted by atomic mass is 32.1. The second kappa shape index (κ2) is 9.74. The van der Waals surface area contributed by atoms with Gasteiger partial charge in [0.15, 0.2) is 0 Å². The third-order valence-electron chi connectivity index (χ3n) is 6.20. The summed E-state index contributed by atoms with van der Waals surface area (Å²) >= 11 is 1.52. The summed E-state index contributed by atoms with van der Waals surface area (Å²) in [6, 6.07) is 7.50. The Kier molecular flexibility index (Phi) is 6.78. The fraction of sp³-hybridized carbons (Fsp3) is 0.417. The molecule has 0 bridgehead atoms. The van der Waals surface area contributed by atoms with Crippen LogP contribution in [0.15, 0.2) is 35.4 Å². The predicted molar refractivity (Wildman–Crippen MR) is 128 cm³/mol. The van der Waals surface area contributed by atoms with Crippen LogP contribution in [0.3, 0.4) is 0 Å². The number of carbonyl (C=O) groups is 2. The lowest BCUT2D eigenvalue weighted by Gasteiger charge is -2.35. The van der Waals surface area contributed by atoms with Gasteiger partial charge in [-0.3, -0.25) is 19.0 Å². The van der Waals surface area contributed by atoms with Crippen LogP contribution in [-0.4, -0.2) is 64.5 Å². The maximum Gasteiger partial charge on any atom is 0.262 e. The maximum absolute atomic E-state index is 12.8. The Morgan fingerprint density at radius 1 is 1.09 bits per heavy atom. The summed E-state index contributed by atoms with van der Waals surface area (Å²) in [6.45, 7) is 6.22. The first-order chi connectivity index (χ1) is 15.9. The number of rotatable bonds is 6. The Balaban J connectivity index is 1.30. The van der Waals surface area contributed by atoms with Crippen LogP contribution in [0.1, 0.15) is 22.4 Å². The molecule has 0 radical (unpaired) electrons. The topological polar surface area (TPSA) is 84.7 Å². The van der Waals surface area contributed by atoms with Crippen molar-refractivity contribution in [2.45, 2.75) is 33.2 Å². The van der Waals surface area contributed by atoms with Gasteiger partial charge in [0.25, 0.3) is 5.56 Å². The van der Waals surface area contributed by atoms with Crippen molar-refractivity contribution in [3.05, 3.63) is 57.0 Å². The molecule has 9 heteroatoms. The molecule has 1 aliphatic heterocycles. The molecule has 0 unspecified atom stereocenters. The van der Waals surface area contributed by atoms with Gasteiger partial charge in [0.05, 0.1) is 25.2 Å². The lowest BCUT2D eigenvalue weighted by molar-refractivity contribution is -0.139. The molecule has 0 aliphatic carbocycles. The number of fused-ring (bicyclic) bond motifs is 1. The minimum absolute atomic E-state index is 0.0138. The molecule has 33 heavy (non-hydrogen) atoms. The average molecular weight is 469 g/mol. The number of aromatic nitrogens is 2. The molecule has 0 spiro atoms. The fourth-order valence-electron chi connectivity index (χ4n) is 4.08. The number of ether oxygens (including phenoxy) is 1. The van der Waals surface area contributed by atoms with Gasteiger partial charge in [-0.25, -0.2) is 4.98 Å². The summed E-state index contributed by atoms with van der Waals surface area (Å²) in [7, 11) is 1.60. The van der Waals surface area contributed by atoms with E-state index in [1.807, 2.05) is 38.1 Å². The van der Waals surface area contributed by atoms with Crippen LogP contribution in [0, 0.1) is 13.8 Å². The molecule has 3 aromatic rings. The number of methoxy groups -OCH3 is 1. The molecule has 4 rings (SSSR count). The van der Waals surface area contributed by atoms with Crippen LogP contribution in [0.2, 0.25) is 0 Å². The Labute approximate surface area is 196 Å². The van der Waals surface area contributed by atoms with E-state index in [1.165, 1.54) is 22.2 Å². The van der Waals surface area contributed by atoms with Crippen molar-refractivity contribution in [3.63, 3.8) is 0 Å². The minimum atomic E-state index is -0.0948. The van der Waals surface area contributed by atoms with Gasteiger partial charge in [-0.15, -0.1) is 11.3 Å². The van der Waals surface area contributed by atoms with Crippen LogP contribution in [-0.2, 0) is 22.6 Å². The van der Waals surface area contributed by atoms with Crippen LogP contribution in [0.4, 0.5) is 0 Å². The van der Waals surface area contributed by atoms with E-state index in [0.717, 1.165) is 26.6 Å². The first-order valence-electron chi connectivity index (χ1n) is 11.0. The highest BCUT2D eigenvalue weighted by molar-refractivity contribution is 7.18. The molecule has 3 heterocycles. The molecule has 1 aromatic carbocycles. The summed E-state index contributed by atoms with van der Waals surface area (Å²) in [4.78, 5) is 48.0. The normalized spacial score (nSPS) is 14.0. The Bertz CT molecular complexity index is 1240. The summed E-state index contributed by atoms with van der Waals surface area (Å²) < 4.78 is 6.74. The SMILES string of the molecule is COc1cccc(CC(=O)N2CCN(C(=O)CCn3cnc4sc(C)c(C)c4c3=O)CC2)c1. The number of benzene rings is 1. The van der Waals surface area contributed by atoms with E-state index in [9.17, 15) is 14.4 Å². The molecule has 0 N–H and O–H groups in total. The van der Waals surface area contributed by atoms with Gasteiger partial charge in [-0.2, -0.15) is 0 Å². The van der Waals surface area contributed by atoms with Crippen LogP contribution < -0.4 is 10.3 Å². The molecule has 8 nitrogen and oxygen atoms in total. The van der Waals surface area contributed by atoms with Crippen molar-refractivity contribution >= 4 is 33.4 Å². The van der Waals surface area contributed by atoms with E-state index in [-0.39, 0.29) is 23.8 Å². The number of carbonyl (C=O) groups excluding carboxylic acids is 2. The number of aryl methyl sites for hydroxylation is 3. The van der Waals surface area contributed by atoms with Gasteiger partial charge in [-0.05, 0) is 37.1 Å². The standard InChI is InChI=1S/C24H28N4O4S/c1-16-17(2)33-23-22(16)24(31)28(15-25-23)8-7-20(29)26-9-11-27(12-10-26)21(30)14-18-5-4-6-19(13-18)32-3/h4-6,13,15H,7-12,14H2,1-3H3. The van der Waals surface area contributed by atoms with E-state index in [0.29, 0.717) is 44.5 Å². The molecule has 0 saturated carbocycles. The molecule has 2 aromatic heterocycles. The lowest BCUT2D eigenvalue weighted by Crippen LogP contribution is -2.51. The molecule has 174 valence electrons. The number of hydrogen-bond acceptors (Lipinski definition) is 6. The molecular weight excluding hydrogens is 440 g/mol. The smallest absolute Gasteiger partial charge is 0.262 e. The number of piperazine rings is 1. The van der Waals surface area contributed by atoms with Crippen LogP contribution >= 0.6 is 11.3 Å². The van der Waals surface area contributed by atoms with Crippen molar-refractivity contribution < 1.29 is 14.3 Å². The molecule has 1 saturated heterocycles. The van der Waals surface area contributed by atoms with Gasteiger partial charge >= 0.3 is 0 Å². The highest BCUT2D eigenvalue weighted by Crippen LogP contribution is 2.25. The number of amides is 2. The Morgan fingerprint density at radius 2 is 1.79 bits per heavy atom. The summed E-state index contributed by atoms with van der Waals surface area (Å²) in [5.41, 5.74) is 1.77.